The number of ether oxygens (including phenoxy) is 1. The van der Waals surface area contributed by atoms with E-state index >= 15 is 0 Å². The van der Waals surface area contributed by atoms with E-state index in [4.69, 9.17) is 17.0 Å². The molecular weight excluding hydrogens is 230 g/mol. The first-order valence-electron chi connectivity index (χ1n) is 5.05. The van der Waals surface area contributed by atoms with Crippen LogP contribution in [-0.2, 0) is 4.74 Å². The lowest BCUT2D eigenvalue weighted by atomic mass is 9.82. The third-order valence-corrected chi connectivity index (χ3v) is 3.85. The van der Waals surface area contributed by atoms with E-state index in [0.29, 0.717) is 5.41 Å². The summed E-state index contributed by atoms with van der Waals surface area (Å²) in [6, 6.07) is 0. The van der Waals surface area contributed by atoms with Crippen molar-refractivity contribution in [2.45, 2.75) is 19.8 Å². The molecule has 1 saturated heterocycles. The van der Waals surface area contributed by atoms with E-state index in [1.165, 1.54) is 11.3 Å². The Bertz CT molecular complexity index is 367. The summed E-state index contributed by atoms with van der Waals surface area (Å²) < 4.78 is 6.07. The van der Waals surface area contributed by atoms with Crippen LogP contribution in [0.3, 0.4) is 0 Å². The fourth-order valence-electron chi connectivity index (χ4n) is 1.64. The maximum absolute atomic E-state index is 5.36. The van der Waals surface area contributed by atoms with Gasteiger partial charge in [-0.15, -0.1) is 5.10 Å². The predicted molar refractivity (Wildman–Crippen MR) is 63.9 cm³/mol. The summed E-state index contributed by atoms with van der Waals surface area (Å²) >= 11 is 6.45. The second-order valence-corrected chi connectivity index (χ2v) is 5.86. The summed E-state index contributed by atoms with van der Waals surface area (Å²) in [5.41, 5.74) is 0.325. The normalized spacial score (nSPS) is 20.1. The van der Waals surface area contributed by atoms with Gasteiger partial charge in [0.15, 0.2) is 3.95 Å². The molecule has 1 aliphatic heterocycles. The van der Waals surface area contributed by atoms with Crippen LogP contribution in [0.15, 0.2) is 0 Å². The number of rotatable bonds is 3. The molecule has 0 aromatic carbocycles. The van der Waals surface area contributed by atoms with Crippen molar-refractivity contribution in [3.05, 3.63) is 3.95 Å². The number of aromatic nitrogens is 2. The molecule has 0 bridgehead atoms. The molecule has 1 aliphatic rings. The Morgan fingerprint density at radius 3 is 2.93 bits per heavy atom. The SMILES string of the molecule is CC1(CNc2n[nH]c(=S)s2)CCOCC1. The van der Waals surface area contributed by atoms with Gasteiger partial charge in [-0.1, -0.05) is 18.3 Å². The lowest BCUT2D eigenvalue weighted by molar-refractivity contribution is 0.0300. The van der Waals surface area contributed by atoms with Gasteiger partial charge in [0.25, 0.3) is 0 Å². The van der Waals surface area contributed by atoms with Crippen LogP contribution in [0.25, 0.3) is 0 Å². The van der Waals surface area contributed by atoms with Crippen molar-refractivity contribution in [3.63, 3.8) is 0 Å². The molecule has 0 aliphatic carbocycles. The summed E-state index contributed by atoms with van der Waals surface area (Å²) in [7, 11) is 0. The molecule has 0 amide bonds. The first-order valence-corrected chi connectivity index (χ1v) is 6.28. The predicted octanol–water partition coefficient (Wildman–Crippen LogP) is 2.43. The summed E-state index contributed by atoms with van der Waals surface area (Å²) in [6.07, 6.45) is 2.21. The Kier molecular flexibility index (Phi) is 3.38. The molecule has 4 nitrogen and oxygen atoms in total. The van der Waals surface area contributed by atoms with Crippen LogP contribution < -0.4 is 5.32 Å². The second kappa shape index (κ2) is 4.59. The number of nitrogens with zero attached hydrogens (tertiary/aromatic N) is 1. The van der Waals surface area contributed by atoms with Gasteiger partial charge in [0.1, 0.15) is 0 Å². The maximum atomic E-state index is 5.36. The van der Waals surface area contributed by atoms with Crippen molar-refractivity contribution in [1.82, 2.24) is 10.2 Å². The topological polar surface area (TPSA) is 49.9 Å². The fourth-order valence-corrected chi connectivity index (χ4v) is 2.42. The molecule has 1 aromatic rings. The van der Waals surface area contributed by atoms with Crippen molar-refractivity contribution < 1.29 is 4.74 Å². The van der Waals surface area contributed by atoms with Crippen LogP contribution in [0, 0.1) is 9.37 Å². The largest absolute Gasteiger partial charge is 0.381 e. The number of anilines is 1. The third kappa shape index (κ3) is 2.99. The van der Waals surface area contributed by atoms with Crippen LogP contribution in [0.4, 0.5) is 5.13 Å². The molecule has 2 heterocycles. The Morgan fingerprint density at radius 2 is 2.33 bits per heavy atom. The van der Waals surface area contributed by atoms with Gasteiger partial charge in [0.05, 0.1) is 0 Å². The van der Waals surface area contributed by atoms with Crippen molar-refractivity contribution in [1.29, 1.82) is 0 Å². The van der Waals surface area contributed by atoms with Gasteiger partial charge >= 0.3 is 0 Å². The fraction of sp³-hybridized carbons (Fsp3) is 0.778. The molecule has 0 spiro atoms. The smallest absolute Gasteiger partial charge is 0.204 e. The lowest BCUT2D eigenvalue weighted by Crippen LogP contribution is -2.33. The van der Waals surface area contributed by atoms with E-state index in [2.05, 4.69) is 22.4 Å². The van der Waals surface area contributed by atoms with Crippen LogP contribution in [0.1, 0.15) is 19.8 Å². The molecule has 0 saturated carbocycles. The highest BCUT2D eigenvalue weighted by Gasteiger charge is 2.27. The number of nitrogens with one attached hydrogen (secondary N) is 2. The van der Waals surface area contributed by atoms with Crippen molar-refractivity contribution >= 4 is 28.7 Å². The van der Waals surface area contributed by atoms with Crippen LogP contribution in [0.5, 0.6) is 0 Å². The van der Waals surface area contributed by atoms with Crippen molar-refractivity contribution in [2.75, 3.05) is 25.1 Å². The summed E-state index contributed by atoms with van der Waals surface area (Å²) in [5, 5.41) is 11.1. The van der Waals surface area contributed by atoms with Gasteiger partial charge in [0, 0.05) is 19.8 Å². The zero-order valence-electron chi connectivity index (χ0n) is 8.71. The zero-order valence-corrected chi connectivity index (χ0v) is 10.3. The number of aromatic amines is 1. The van der Waals surface area contributed by atoms with E-state index in [9.17, 15) is 0 Å². The minimum atomic E-state index is 0.325. The highest BCUT2D eigenvalue weighted by Crippen LogP contribution is 2.30. The molecule has 0 radical (unpaired) electrons. The Balaban J connectivity index is 1.89. The van der Waals surface area contributed by atoms with E-state index in [1.54, 1.807) is 0 Å². The van der Waals surface area contributed by atoms with E-state index < -0.39 is 0 Å². The number of H-pyrrole nitrogens is 1. The van der Waals surface area contributed by atoms with E-state index in [1.807, 2.05) is 0 Å². The number of hydrogen-bond acceptors (Lipinski definition) is 5. The quantitative estimate of drug-likeness (QED) is 0.803. The van der Waals surface area contributed by atoms with Gasteiger partial charge in [-0.25, -0.2) is 0 Å². The second-order valence-electron chi connectivity index (χ2n) is 4.19. The van der Waals surface area contributed by atoms with Crippen LogP contribution in [-0.4, -0.2) is 30.0 Å². The highest BCUT2D eigenvalue weighted by molar-refractivity contribution is 7.73. The molecule has 1 aromatic heterocycles. The monoisotopic (exact) mass is 245 g/mol. The lowest BCUT2D eigenvalue weighted by Gasteiger charge is -2.33. The van der Waals surface area contributed by atoms with E-state index in [0.717, 1.165) is 41.7 Å². The molecular formula is C9H15N3OS2. The van der Waals surface area contributed by atoms with E-state index in [-0.39, 0.29) is 0 Å². The van der Waals surface area contributed by atoms with Crippen molar-refractivity contribution in [3.8, 4) is 0 Å². The average molecular weight is 245 g/mol. The summed E-state index contributed by atoms with van der Waals surface area (Å²) in [6.45, 7) is 4.96. The molecule has 2 N–H and O–H groups in total. The zero-order chi connectivity index (χ0) is 10.7. The van der Waals surface area contributed by atoms with Gasteiger partial charge in [-0.2, -0.15) is 0 Å². The molecule has 1 fully saturated rings. The average Bonchev–Trinajstić information content (AvgIpc) is 2.63. The molecule has 15 heavy (non-hydrogen) atoms. The minimum Gasteiger partial charge on any atom is -0.381 e. The molecule has 0 atom stereocenters. The van der Waals surface area contributed by atoms with Gasteiger partial charge in [0.2, 0.25) is 5.13 Å². The first kappa shape index (κ1) is 11.0. The summed E-state index contributed by atoms with van der Waals surface area (Å²) in [5.74, 6) is 0. The standard InChI is InChI=1S/C9H15N3OS2/c1-9(2-4-13-5-3-9)6-10-7-11-12-8(14)15-7/h2-6H2,1H3,(H,10,11)(H,12,14). The molecule has 0 unspecified atom stereocenters. The Hall–Kier alpha value is -0.460. The Morgan fingerprint density at radius 1 is 1.60 bits per heavy atom. The highest BCUT2D eigenvalue weighted by atomic mass is 32.1. The van der Waals surface area contributed by atoms with Gasteiger partial charge in [-0.05, 0) is 30.5 Å². The first-order chi connectivity index (χ1) is 7.18. The molecule has 6 heteroatoms. The van der Waals surface area contributed by atoms with Gasteiger partial charge in [-0.3, -0.25) is 5.10 Å². The van der Waals surface area contributed by atoms with Crippen LogP contribution in [0.2, 0.25) is 0 Å². The van der Waals surface area contributed by atoms with Crippen LogP contribution >= 0.6 is 23.6 Å². The Labute approximate surface area is 98.1 Å². The molecule has 84 valence electrons. The number of hydrogen-bond donors (Lipinski definition) is 2. The van der Waals surface area contributed by atoms with Gasteiger partial charge < -0.3 is 10.1 Å². The van der Waals surface area contributed by atoms with Crippen molar-refractivity contribution in [2.24, 2.45) is 5.41 Å². The maximum Gasteiger partial charge on any atom is 0.204 e. The minimum absolute atomic E-state index is 0.325. The molecule has 2 rings (SSSR count). The summed E-state index contributed by atoms with van der Waals surface area (Å²) in [4.78, 5) is 0. The third-order valence-electron chi connectivity index (χ3n) is 2.80.